The molecule has 0 aromatic carbocycles. The minimum Gasteiger partial charge on any atom is -0.459 e. The first kappa shape index (κ1) is 14.1. The highest BCUT2D eigenvalue weighted by Crippen LogP contribution is 2.41. The maximum atomic E-state index is 12.2. The molecule has 3 nitrogen and oxygen atoms in total. The molecule has 0 saturated heterocycles. The minimum atomic E-state index is -0.327. The fourth-order valence-electron chi connectivity index (χ4n) is 1.90. The highest BCUT2D eigenvalue weighted by Gasteiger charge is 2.25. The van der Waals surface area contributed by atoms with Crippen LogP contribution in [0.2, 0.25) is 0 Å². The number of nitrogen functional groups attached to an aromatic ring is 1. The Kier molecular flexibility index (Phi) is 4.27. The van der Waals surface area contributed by atoms with Gasteiger partial charge in [0.05, 0.1) is 6.10 Å². The molecule has 2 aromatic rings. The lowest BCUT2D eigenvalue weighted by Gasteiger charge is -2.09. The molecule has 2 aromatic heterocycles. The van der Waals surface area contributed by atoms with E-state index in [0.717, 1.165) is 21.7 Å². The highest BCUT2D eigenvalue weighted by atomic mass is 32.1. The quantitative estimate of drug-likeness (QED) is 0.861. The van der Waals surface area contributed by atoms with Gasteiger partial charge in [-0.3, -0.25) is 0 Å². The second kappa shape index (κ2) is 5.75. The number of hydrogen-bond acceptors (Lipinski definition) is 5. The summed E-state index contributed by atoms with van der Waals surface area (Å²) >= 11 is 3.09. The third kappa shape index (κ3) is 2.82. The van der Waals surface area contributed by atoms with E-state index in [4.69, 9.17) is 10.5 Å². The van der Waals surface area contributed by atoms with Crippen molar-refractivity contribution in [3.05, 3.63) is 28.0 Å². The van der Waals surface area contributed by atoms with Gasteiger partial charge in [0.1, 0.15) is 10.6 Å². The van der Waals surface area contributed by atoms with Gasteiger partial charge in [0.2, 0.25) is 0 Å². The molecule has 2 rings (SSSR count). The zero-order valence-electron chi connectivity index (χ0n) is 11.2. The molecule has 0 amide bonds. The molecular weight excluding hydrogens is 278 g/mol. The van der Waals surface area contributed by atoms with Gasteiger partial charge in [-0.2, -0.15) is 0 Å². The summed E-state index contributed by atoms with van der Waals surface area (Å²) in [6.45, 7) is 5.75. The van der Waals surface area contributed by atoms with Crippen LogP contribution in [0, 0.1) is 0 Å². The molecule has 0 fully saturated rings. The Bertz CT molecular complexity index is 571. The van der Waals surface area contributed by atoms with Gasteiger partial charge < -0.3 is 10.5 Å². The van der Waals surface area contributed by atoms with Gasteiger partial charge in [-0.25, -0.2) is 4.79 Å². The lowest BCUT2D eigenvalue weighted by Crippen LogP contribution is -2.13. The third-order valence-electron chi connectivity index (χ3n) is 2.64. The van der Waals surface area contributed by atoms with Crippen LogP contribution < -0.4 is 5.73 Å². The van der Waals surface area contributed by atoms with Crippen molar-refractivity contribution in [2.75, 3.05) is 5.73 Å². The summed E-state index contributed by atoms with van der Waals surface area (Å²) in [6, 6.07) is 3.99. The van der Waals surface area contributed by atoms with Crippen LogP contribution >= 0.6 is 22.7 Å². The van der Waals surface area contributed by atoms with E-state index in [0.29, 0.717) is 10.6 Å². The van der Waals surface area contributed by atoms with Crippen LogP contribution in [0.4, 0.5) is 5.00 Å². The van der Waals surface area contributed by atoms with E-state index in [-0.39, 0.29) is 12.1 Å². The highest BCUT2D eigenvalue weighted by molar-refractivity contribution is 7.18. The van der Waals surface area contributed by atoms with E-state index in [2.05, 4.69) is 6.92 Å². The molecule has 5 heteroatoms. The van der Waals surface area contributed by atoms with E-state index < -0.39 is 0 Å². The number of rotatable bonds is 4. The maximum Gasteiger partial charge on any atom is 0.342 e. The van der Waals surface area contributed by atoms with Crippen LogP contribution in [0.1, 0.15) is 36.0 Å². The van der Waals surface area contributed by atoms with Crippen molar-refractivity contribution >= 4 is 33.6 Å². The summed E-state index contributed by atoms with van der Waals surface area (Å²) < 4.78 is 5.31. The van der Waals surface area contributed by atoms with Crippen molar-refractivity contribution in [3.8, 4) is 10.4 Å². The van der Waals surface area contributed by atoms with Crippen molar-refractivity contribution in [3.63, 3.8) is 0 Å². The third-order valence-corrected chi connectivity index (χ3v) is 4.69. The van der Waals surface area contributed by atoms with Gasteiger partial charge in [0, 0.05) is 15.3 Å². The molecule has 2 N–H and O–H groups in total. The summed E-state index contributed by atoms with van der Waals surface area (Å²) in [5.74, 6) is -0.327. The lowest BCUT2D eigenvalue weighted by molar-refractivity contribution is 0.0380. The Morgan fingerprint density at radius 3 is 2.74 bits per heavy atom. The molecule has 0 radical (unpaired) electrons. The predicted molar refractivity (Wildman–Crippen MR) is 82.0 cm³/mol. The van der Waals surface area contributed by atoms with Gasteiger partial charge in [-0.05, 0) is 31.7 Å². The molecule has 0 unspecified atom stereocenters. The number of hydrogen-bond donors (Lipinski definition) is 1. The van der Waals surface area contributed by atoms with Crippen LogP contribution in [0.25, 0.3) is 10.4 Å². The summed E-state index contributed by atoms with van der Waals surface area (Å²) in [4.78, 5) is 14.4. The van der Waals surface area contributed by atoms with E-state index in [1.54, 1.807) is 11.3 Å². The van der Waals surface area contributed by atoms with Gasteiger partial charge in [0.25, 0.3) is 0 Å². The van der Waals surface area contributed by atoms with Crippen molar-refractivity contribution < 1.29 is 9.53 Å². The molecule has 0 aliphatic rings. The van der Waals surface area contributed by atoms with Crippen molar-refractivity contribution in [1.29, 1.82) is 0 Å². The number of aryl methyl sites for hydroxylation is 1. The first-order valence-corrected chi connectivity index (χ1v) is 7.90. The number of carbonyl (C=O) groups excluding carboxylic acids is 1. The molecule has 0 aliphatic heterocycles. The molecule has 0 bridgehead atoms. The number of nitrogens with two attached hydrogens (primary N) is 1. The van der Waals surface area contributed by atoms with Crippen molar-refractivity contribution in [2.45, 2.75) is 33.3 Å². The van der Waals surface area contributed by atoms with E-state index in [9.17, 15) is 4.79 Å². The lowest BCUT2D eigenvalue weighted by atomic mass is 10.1. The van der Waals surface area contributed by atoms with Crippen LogP contribution in [0.15, 0.2) is 17.5 Å². The molecule has 0 saturated carbocycles. The van der Waals surface area contributed by atoms with Crippen LogP contribution in [0.5, 0.6) is 0 Å². The SMILES string of the molecule is CCc1sc(N)c(C(=O)OC(C)C)c1-c1cccs1. The number of anilines is 1. The molecule has 2 heterocycles. The van der Waals surface area contributed by atoms with Gasteiger partial charge in [-0.15, -0.1) is 22.7 Å². The number of thiophene rings is 2. The van der Waals surface area contributed by atoms with Crippen LogP contribution in [0.3, 0.4) is 0 Å². The summed E-state index contributed by atoms with van der Waals surface area (Å²) in [5, 5.41) is 2.55. The maximum absolute atomic E-state index is 12.2. The van der Waals surface area contributed by atoms with Crippen molar-refractivity contribution in [2.24, 2.45) is 0 Å². The Morgan fingerprint density at radius 2 is 2.21 bits per heavy atom. The average Bonchev–Trinajstić information content (AvgIpc) is 2.93. The fourth-order valence-corrected chi connectivity index (χ4v) is 3.78. The molecule has 0 atom stereocenters. The second-order valence-electron chi connectivity index (χ2n) is 4.42. The average molecular weight is 295 g/mol. The first-order valence-electron chi connectivity index (χ1n) is 6.20. The Labute approximate surface area is 121 Å². The Hall–Kier alpha value is -1.33. The van der Waals surface area contributed by atoms with Gasteiger partial charge in [-0.1, -0.05) is 13.0 Å². The number of carbonyl (C=O) groups is 1. The summed E-state index contributed by atoms with van der Waals surface area (Å²) in [7, 11) is 0. The summed E-state index contributed by atoms with van der Waals surface area (Å²) in [6.07, 6.45) is 0.713. The predicted octanol–water partition coefficient (Wildman–Crippen LogP) is 4.19. The van der Waals surface area contributed by atoms with E-state index in [1.165, 1.54) is 11.3 Å². The number of ether oxygens (including phenoxy) is 1. The fraction of sp³-hybridized carbons (Fsp3) is 0.357. The van der Waals surface area contributed by atoms with Crippen LogP contribution in [-0.2, 0) is 11.2 Å². The first-order chi connectivity index (χ1) is 9.04. The molecule has 19 heavy (non-hydrogen) atoms. The molecular formula is C14H17NO2S2. The van der Waals surface area contributed by atoms with Gasteiger partial charge in [0.15, 0.2) is 0 Å². The molecule has 0 spiro atoms. The zero-order valence-corrected chi connectivity index (χ0v) is 12.9. The van der Waals surface area contributed by atoms with Crippen LogP contribution in [-0.4, -0.2) is 12.1 Å². The molecule has 0 aliphatic carbocycles. The normalized spacial score (nSPS) is 10.9. The van der Waals surface area contributed by atoms with Gasteiger partial charge >= 0.3 is 5.97 Å². The number of esters is 1. The minimum absolute atomic E-state index is 0.145. The second-order valence-corrected chi connectivity index (χ2v) is 6.51. The van der Waals surface area contributed by atoms with Crippen molar-refractivity contribution in [1.82, 2.24) is 0 Å². The summed E-state index contributed by atoms with van der Waals surface area (Å²) in [5.41, 5.74) is 7.50. The molecule has 102 valence electrons. The van der Waals surface area contributed by atoms with E-state index in [1.807, 2.05) is 31.4 Å². The zero-order chi connectivity index (χ0) is 14.0. The standard InChI is InChI=1S/C14H17NO2S2/c1-4-9-11(10-6-5-7-18-10)12(13(15)19-9)14(16)17-8(2)3/h5-8H,4,15H2,1-3H3. The smallest absolute Gasteiger partial charge is 0.342 e. The topological polar surface area (TPSA) is 52.3 Å². The Morgan fingerprint density at radius 1 is 1.47 bits per heavy atom. The largest absolute Gasteiger partial charge is 0.459 e. The van der Waals surface area contributed by atoms with E-state index >= 15 is 0 Å². The monoisotopic (exact) mass is 295 g/mol. The Balaban J connectivity index is 2.53.